The topological polar surface area (TPSA) is 41.1 Å². The van der Waals surface area contributed by atoms with E-state index in [0.717, 1.165) is 19.2 Å². The summed E-state index contributed by atoms with van der Waals surface area (Å²) in [4.78, 5) is 11.7. The normalized spacial score (nSPS) is 14.7. The summed E-state index contributed by atoms with van der Waals surface area (Å²) < 4.78 is 12.8. The number of carbonyl (C=O) groups excluding carboxylic acids is 1. The molecule has 0 spiro atoms. The highest BCUT2D eigenvalue weighted by atomic mass is 35.5. The van der Waals surface area contributed by atoms with Gasteiger partial charge in [-0.2, -0.15) is 0 Å². The molecule has 0 aliphatic carbocycles. The Morgan fingerprint density at radius 2 is 2.24 bits per heavy atom. The van der Waals surface area contributed by atoms with E-state index in [4.69, 9.17) is 11.6 Å². The number of hydrogen-bond acceptors (Lipinski definition) is 2. The molecule has 2 N–H and O–H groups in total. The van der Waals surface area contributed by atoms with Crippen molar-refractivity contribution >= 4 is 29.9 Å². The molecule has 2 rings (SSSR count). The van der Waals surface area contributed by atoms with Crippen LogP contribution in [0.15, 0.2) is 18.2 Å². The zero-order valence-corrected chi connectivity index (χ0v) is 10.6. The average Bonchev–Trinajstić information content (AvgIpc) is 2.14. The molecule has 1 aliphatic heterocycles. The van der Waals surface area contributed by atoms with Crippen molar-refractivity contribution in [3.05, 3.63) is 34.6 Å². The number of carbonyl (C=O) groups is 1. The van der Waals surface area contributed by atoms with Crippen LogP contribution in [0.3, 0.4) is 0 Å². The van der Waals surface area contributed by atoms with Gasteiger partial charge in [-0.3, -0.25) is 4.79 Å². The molecule has 1 saturated heterocycles. The number of amides is 1. The fraction of sp³-hybridized carbons (Fsp3) is 0.364. The first kappa shape index (κ1) is 14.2. The van der Waals surface area contributed by atoms with E-state index in [1.165, 1.54) is 12.1 Å². The second kappa shape index (κ2) is 6.19. The summed E-state index contributed by atoms with van der Waals surface area (Å²) in [6, 6.07) is 3.76. The summed E-state index contributed by atoms with van der Waals surface area (Å²) >= 11 is 5.77. The summed E-state index contributed by atoms with van der Waals surface area (Å²) in [5.74, 6) is -0.204. The van der Waals surface area contributed by atoms with E-state index < -0.39 is 5.82 Å². The second-order valence-corrected chi connectivity index (χ2v) is 4.27. The Kier molecular flexibility index (Phi) is 5.18. The quantitative estimate of drug-likeness (QED) is 0.886. The number of rotatable bonds is 3. The molecule has 1 amide bonds. The van der Waals surface area contributed by atoms with Crippen molar-refractivity contribution in [3.63, 3.8) is 0 Å². The molecule has 0 unspecified atom stereocenters. The molecule has 1 aliphatic rings. The maximum atomic E-state index is 12.8. The number of benzene rings is 1. The lowest BCUT2D eigenvalue weighted by Crippen LogP contribution is -2.48. The summed E-state index contributed by atoms with van der Waals surface area (Å²) in [5.41, 5.74) is 0.315. The van der Waals surface area contributed by atoms with Crippen LogP contribution in [0, 0.1) is 11.7 Å². The van der Waals surface area contributed by atoms with Gasteiger partial charge in [0.1, 0.15) is 5.82 Å². The van der Waals surface area contributed by atoms with E-state index in [0.29, 0.717) is 18.0 Å². The Morgan fingerprint density at radius 3 is 2.76 bits per heavy atom. The Morgan fingerprint density at radius 1 is 1.53 bits per heavy atom. The molecule has 0 aromatic heterocycles. The first-order valence-electron chi connectivity index (χ1n) is 5.11. The molecule has 0 radical (unpaired) electrons. The predicted molar refractivity (Wildman–Crippen MR) is 67.4 cm³/mol. The summed E-state index contributed by atoms with van der Waals surface area (Å²) in [6.45, 7) is 2.48. The lowest BCUT2D eigenvalue weighted by Gasteiger charge is -2.27. The monoisotopic (exact) mass is 278 g/mol. The molecule has 1 fully saturated rings. The van der Waals surface area contributed by atoms with Crippen molar-refractivity contribution < 1.29 is 9.18 Å². The minimum atomic E-state index is -0.440. The van der Waals surface area contributed by atoms with Crippen LogP contribution in [0.2, 0.25) is 5.02 Å². The van der Waals surface area contributed by atoms with Crippen LogP contribution in [-0.2, 0) is 0 Å². The van der Waals surface area contributed by atoms with Gasteiger partial charge in [-0.15, -0.1) is 12.4 Å². The van der Waals surface area contributed by atoms with Gasteiger partial charge in [0.05, 0.1) is 10.6 Å². The van der Waals surface area contributed by atoms with Crippen LogP contribution >= 0.6 is 24.0 Å². The molecule has 17 heavy (non-hydrogen) atoms. The van der Waals surface area contributed by atoms with Crippen molar-refractivity contribution in [2.45, 2.75) is 0 Å². The van der Waals surface area contributed by atoms with E-state index in [-0.39, 0.29) is 23.3 Å². The van der Waals surface area contributed by atoms with Crippen molar-refractivity contribution in [1.82, 2.24) is 10.6 Å². The molecule has 1 aromatic rings. The Labute approximate surface area is 110 Å². The molecule has 0 atom stereocenters. The summed E-state index contributed by atoms with van der Waals surface area (Å²) in [5, 5.41) is 6.03. The first-order valence-corrected chi connectivity index (χ1v) is 5.48. The Balaban J connectivity index is 0.00000144. The third-order valence-corrected chi connectivity index (χ3v) is 2.91. The molecular weight excluding hydrogens is 266 g/mol. The molecular formula is C11H13Cl2FN2O. The molecule has 0 saturated carbocycles. The highest BCUT2D eigenvalue weighted by Crippen LogP contribution is 2.17. The first-order chi connectivity index (χ1) is 7.66. The van der Waals surface area contributed by atoms with E-state index in [1.807, 2.05) is 0 Å². The lowest BCUT2D eigenvalue weighted by molar-refractivity contribution is 0.0942. The maximum absolute atomic E-state index is 12.8. The van der Waals surface area contributed by atoms with E-state index >= 15 is 0 Å². The lowest BCUT2D eigenvalue weighted by atomic mass is 10.0. The predicted octanol–water partition coefficient (Wildman–Crippen LogP) is 1.85. The van der Waals surface area contributed by atoms with E-state index in [1.54, 1.807) is 0 Å². The van der Waals surface area contributed by atoms with Gasteiger partial charge in [-0.25, -0.2) is 4.39 Å². The van der Waals surface area contributed by atoms with Crippen LogP contribution in [-0.4, -0.2) is 25.5 Å². The van der Waals surface area contributed by atoms with E-state index in [9.17, 15) is 9.18 Å². The van der Waals surface area contributed by atoms with Gasteiger partial charge in [-0.1, -0.05) is 11.6 Å². The van der Waals surface area contributed by atoms with Crippen LogP contribution in [0.4, 0.5) is 4.39 Å². The van der Waals surface area contributed by atoms with Gasteiger partial charge in [0.15, 0.2) is 0 Å². The van der Waals surface area contributed by atoms with Crippen molar-refractivity contribution in [1.29, 1.82) is 0 Å². The smallest absolute Gasteiger partial charge is 0.252 e. The minimum Gasteiger partial charge on any atom is -0.352 e. The van der Waals surface area contributed by atoms with Gasteiger partial charge >= 0.3 is 0 Å². The van der Waals surface area contributed by atoms with Gasteiger partial charge < -0.3 is 10.6 Å². The molecule has 3 nitrogen and oxygen atoms in total. The number of nitrogens with one attached hydrogen (secondary N) is 2. The van der Waals surface area contributed by atoms with Crippen molar-refractivity contribution in [3.8, 4) is 0 Å². The summed E-state index contributed by atoms with van der Waals surface area (Å²) in [6.07, 6.45) is 0. The van der Waals surface area contributed by atoms with Crippen LogP contribution in [0.5, 0.6) is 0 Å². The molecule has 1 aromatic carbocycles. The zero-order chi connectivity index (χ0) is 11.5. The zero-order valence-electron chi connectivity index (χ0n) is 9.00. The van der Waals surface area contributed by atoms with Crippen LogP contribution < -0.4 is 10.6 Å². The fourth-order valence-corrected chi connectivity index (χ4v) is 1.75. The van der Waals surface area contributed by atoms with Crippen molar-refractivity contribution in [2.75, 3.05) is 19.6 Å². The maximum Gasteiger partial charge on any atom is 0.252 e. The van der Waals surface area contributed by atoms with Crippen LogP contribution in [0.1, 0.15) is 10.4 Å². The standard InChI is InChI=1S/C11H12ClFN2O.ClH/c12-10-3-8(13)1-2-9(10)11(16)15-6-7-4-14-5-7;/h1-3,7,14H,4-6H2,(H,15,16);1H. The van der Waals surface area contributed by atoms with Crippen molar-refractivity contribution in [2.24, 2.45) is 5.92 Å². The number of hydrogen-bond donors (Lipinski definition) is 2. The Hall–Kier alpha value is -0.840. The van der Waals surface area contributed by atoms with Gasteiger partial charge in [0, 0.05) is 25.6 Å². The average molecular weight is 279 g/mol. The van der Waals surface area contributed by atoms with Gasteiger partial charge in [0.2, 0.25) is 0 Å². The van der Waals surface area contributed by atoms with Gasteiger partial charge in [0.25, 0.3) is 5.91 Å². The molecule has 6 heteroatoms. The minimum absolute atomic E-state index is 0. The largest absolute Gasteiger partial charge is 0.352 e. The third-order valence-electron chi connectivity index (χ3n) is 2.59. The Bertz CT molecular complexity index is 410. The molecule has 94 valence electrons. The SMILES string of the molecule is Cl.O=C(NCC1CNC1)c1ccc(F)cc1Cl. The third kappa shape index (κ3) is 3.56. The van der Waals surface area contributed by atoms with Gasteiger partial charge in [-0.05, 0) is 18.2 Å². The highest BCUT2D eigenvalue weighted by Gasteiger charge is 2.18. The second-order valence-electron chi connectivity index (χ2n) is 3.86. The van der Waals surface area contributed by atoms with Crippen LogP contribution in [0.25, 0.3) is 0 Å². The van der Waals surface area contributed by atoms with E-state index in [2.05, 4.69) is 10.6 Å². The molecule has 0 bridgehead atoms. The fourth-order valence-electron chi connectivity index (χ4n) is 1.50. The summed E-state index contributed by atoms with van der Waals surface area (Å²) in [7, 11) is 0. The number of halogens is 3. The molecule has 1 heterocycles. The highest BCUT2D eigenvalue weighted by molar-refractivity contribution is 6.33.